The second-order valence-electron chi connectivity index (χ2n) is 3.44. The molecule has 2 rings (SSSR count). The number of amides is 4. The molecule has 1 N–H and O–H groups in total. The molecule has 0 radical (unpaired) electrons. The number of imide groups is 1. The van der Waals surface area contributed by atoms with Crippen molar-refractivity contribution < 1.29 is 14.4 Å². The minimum absolute atomic E-state index is 0.0913. The van der Waals surface area contributed by atoms with Gasteiger partial charge in [-0.05, 0) is 0 Å². The Bertz CT molecular complexity index is 315. The van der Waals surface area contributed by atoms with Crippen LogP contribution in [0.5, 0.6) is 0 Å². The predicted molar refractivity (Wildman–Crippen MR) is 46.3 cm³/mol. The average Bonchev–Trinajstić information content (AvgIpc) is 2.17. The molecule has 2 fully saturated rings. The largest absolute Gasteiger partial charge is 0.353 e. The van der Waals surface area contributed by atoms with Crippen molar-refractivity contribution in [1.82, 2.24) is 15.1 Å². The van der Waals surface area contributed by atoms with Crippen LogP contribution in [0.3, 0.4) is 0 Å². The zero-order chi connectivity index (χ0) is 10.3. The fraction of sp³-hybridized carbons (Fsp3) is 0.625. The molecule has 1 atom stereocenters. The molecule has 0 spiro atoms. The summed E-state index contributed by atoms with van der Waals surface area (Å²) in [7, 11) is 1.44. The van der Waals surface area contributed by atoms with Gasteiger partial charge >= 0.3 is 6.03 Å². The van der Waals surface area contributed by atoms with Gasteiger partial charge in [0.25, 0.3) is 0 Å². The first kappa shape index (κ1) is 8.98. The SMILES string of the molecule is CN1C(=O)C[C@@H]2C(=O)NCCN2C1=O. The number of piperazine rings is 1. The fourth-order valence-electron chi connectivity index (χ4n) is 1.75. The molecule has 6 heteroatoms. The Morgan fingerprint density at radius 2 is 2.07 bits per heavy atom. The lowest BCUT2D eigenvalue weighted by Gasteiger charge is -2.40. The summed E-state index contributed by atoms with van der Waals surface area (Å²) in [6.45, 7) is 0.940. The van der Waals surface area contributed by atoms with Gasteiger partial charge in [0.05, 0.1) is 6.42 Å². The molecular weight excluding hydrogens is 186 g/mol. The monoisotopic (exact) mass is 197 g/mol. The number of urea groups is 1. The van der Waals surface area contributed by atoms with Crippen LogP contribution in [0, 0.1) is 0 Å². The first-order valence-electron chi connectivity index (χ1n) is 4.46. The Kier molecular flexibility index (Phi) is 1.90. The van der Waals surface area contributed by atoms with Gasteiger partial charge in [-0.3, -0.25) is 14.5 Å². The highest BCUT2D eigenvalue weighted by atomic mass is 16.2. The summed E-state index contributed by atoms with van der Waals surface area (Å²) in [6.07, 6.45) is 0.0913. The Morgan fingerprint density at radius 3 is 2.79 bits per heavy atom. The number of rotatable bonds is 0. The van der Waals surface area contributed by atoms with Crippen LogP contribution in [-0.2, 0) is 9.59 Å². The molecular formula is C8H11N3O3. The lowest BCUT2D eigenvalue weighted by Crippen LogP contribution is -2.64. The van der Waals surface area contributed by atoms with Gasteiger partial charge in [-0.1, -0.05) is 0 Å². The van der Waals surface area contributed by atoms with E-state index in [-0.39, 0.29) is 24.3 Å². The smallest absolute Gasteiger partial charge is 0.327 e. The molecule has 0 aromatic carbocycles. The number of nitrogens with one attached hydrogen (secondary N) is 1. The summed E-state index contributed by atoms with van der Waals surface area (Å²) in [6, 6.07) is -0.971. The van der Waals surface area contributed by atoms with E-state index >= 15 is 0 Å². The molecule has 0 bridgehead atoms. The van der Waals surface area contributed by atoms with Gasteiger partial charge in [-0.15, -0.1) is 0 Å². The number of nitrogens with zero attached hydrogens (tertiary/aromatic N) is 2. The number of carbonyl (C=O) groups is 3. The van der Waals surface area contributed by atoms with Crippen LogP contribution in [0.4, 0.5) is 4.79 Å². The van der Waals surface area contributed by atoms with E-state index in [1.54, 1.807) is 0 Å². The molecule has 0 aromatic rings. The predicted octanol–water partition coefficient (Wildman–Crippen LogP) is -1.23. The molecule has 76 valence electrons. The number of hydrogen-bond donors (Lipinski definition) is 1. The Balaban J connectivity index is 2.26. The summed E-state index contributed by atoms with van der Waals surface area (Å²) in [4.78, 5) is 36.7. The van der Waals surface area contributed by atoms with E-state index in [9.17, 15) is 14.4 Å². The van der Waals surface area contributed by atoms with Crippen molar-refractivity contribution in [3.8, 4) is 0 Å². The highest BCUT2D eigenvalue weighted by molar-refractivity contribution is 6.02. The summed E-state index contributed by atoms with van der Waals surface area (Å²) in [5.74, 6) is -0.528. The van der Waals surface area contributed by atoms with Gasteiger partial charge in [0, 0.05) is 20.1 Å². The normalized spacial score (nSPS) is 27.5. The molecule has 0 aromatic heterocycles. The van der Waals surface area contributed by atoms with Crippen LogP contribution >= 0.6 is 0 Å². The van der Waals surface area contributed by atoms with Crippen molar-refractivity contribution in [2.45, 2.75) is 12.5 Å². The van der Waals surface area contributed by atoms with Crippen molar-refractivity contribution in [1.29, 1.82) is 0 Å². The molecule has 2 saturated heterocycles. The Morgan fingerprint density at radius 1 is 1.36 bits per heavy atom. The van der Waals surface area contributed by atoms with Gasteiger partial charge in [-0.25, -0.2) is 4.79 Å². The minimum Gasteiger partial charge on any atom is -0.353 e. The molecule has 14 heavy (non-hydrogen) atoms. The summed E-state index contributed by atoms with van der Waals surface area (Å²) < 4.78 is 0. The molecule has 2 heterocycles. The third-order valence-electron chi connectivity index (χ3n) is 2.61. The van der Waals surface area contributed by atoms with E-state index in [1.165, 1.54) is 11.9 Å². The molecule has 6 nitrogen and oxygen atoms in total. The molecule has 0 saturated carbocycles. The third-order valence-corrected chi connectivity index (χ3v) is 2.61. The lowest BCUT2D eigenvalue weighted by atomic mass is 10.1. The maximum atomic E-state index is 11.6. The Labute approximate surface area is 80.8 Å². The molecule has 4 amide bonds. The van der Waals surface area contributed by atoms with E-state index in [0.29, 0.717) is 13.1 Å². The maximum Gasteiger partial charge on any atom is 0.327 e. The topological polar surface area (TPSA) is 69.7 Å². The van der Waals surface area contributed by atoms with Crippen molar-refractivity contribution in [2.75, 3.05) is 20.1 Å². The van der Waals surface area contributed by atoms with Crippen LogP contribution in [0.25, 0.3) is 0 Å². The van der Waals surface area contributed by atoms with E-state index < -0.39 is 6.04 Å². The standard InChI is InChI=1S/C8H11N3O3/c1-10-6(12)4-5-7(13)9-2-3-11(5)8(10)14/h5H,2-4H2,1H3,(H,9,13)/t5-/m1/s1. The van der Waals surface area contributed by atoms with E-state index in [4.69, 9.17) is 0 Å². The van der Waals surface area contributed by atoms with Crippen LogP contribution < -0.4 is 5.32 Å². The average molecular weight is 197 g/mol. The lowest BCUT2D eigenvalue weighted by molar-refractivity contribution is -0.139. The number of hydrogen-bond acceptors (Lipinski definition) is 3. The summed E-state index contributed by atoms with van der Waals surface area (Å²) in [5, 5.41) is 2.63. The van der Waals surface area contributed by atoms with E-state index in [1.807, 2.05) is 0 Å². The molecule has 0 aliphatic carbocycles. The maximum absolute atomic E-state index is 11.6. The van der Waals surface area contributed by atoms with Crippen molar-refractivity contribution in [2.24, 2.45) is 0 Å². The zero-order valence-corrected chi connectivity index (χ0v) is 7.82. The number of carbonyl (C=O) groups excluding carboxylic acids is 3. The van der Waals surface area contributed by atoms with Crippen LogP contribution in [0.15, 0.2) is 0 Å². The van der Waals surface area contributed by atoms with Gasteiger partial charge in [-0.2, -0.15) is 0 Å². The van der Waals surface area contributed by atoms with Gasteiger partial charge < -0.3 is 10.2 Å². The van der Waals surface area contributed by atoms with Crippen molar-refractivity contribution in [3.05, 3.63) is 0 Å². The fourth-order valence-corrected chi connectivity index (χ4v) is 1.75. The molecule has 2 aliphatic heterocycles. The number of fused-ring (bicyclic) bond motifs is 1. The van der Waals surface area contributed by atoms with Crippen molar-refractivity contribution in [3.63, 3.8) is 0 Å². The highest BCUT2D eigenvalue weighted by Crippen LogP contribution is 2.17. The minimum atomic E-state index is -0.597. The summed E-state index contributed by atoms with van der Waals surface area (Å²) >= 11 is 0. The second kappa shape index (κ2) is 2.97. The highest BCUT2D eigenvalue weighted by Gasteiger charge is 2.42. The Hall–Kier alpha value is -1.59. The third kappa shape index (κ3) is 1.14. The zero-order valence-electron chi connectivity index (χ0n) is 7.82. The molecule has 0 unspecified atom stereocenters. The van der Waals surface area contributed by atoms with Crippen LogP contribution in [0.1, 0.15) is 6.42 Å². The summed E-state index contributed by atoms with van der Waals surface area (Å²) in [5.41, 5.74) is 0. The van der Waals surface area contributed by atoms with Gasteiger partial charge in [0.15, 0.2) is 0 Å². The van der Waals surface area contributed by atoms with E-state index in [0.717, 1.165) is 4.90 Å². The first-order valence-corrected chi connectivity index (χ1v) is 4.46. The van der Waals surface area contributed by atoms with Crippen LogP contribution in [-0.4, -0.2) is 53.8 Å². The van der Waals surface area contributed by atoms with Crippen molar-refractivity contribution >= 4 is 17.8 Å². The molecule has 2 aliphatic rings. The van der Waals surface area contributed by atoms with Gasteiger partial charge in [0.1, 0.15) is 6.04 Å². The van der Waals surface area contributed by atoms with Crippen LogP contribution in [0.2, 0.25) is 0 Å². The quantitative estimate of drug-likeness (QED) is 0.528. The first-order chi connectivity index (χ1) is 6.61. The second-order valence-corrected chi connectivity index (χ2v) is 3.44. The van der Waals surface area contributed by atoms with Gasteiger partial charge in [0.2, 0.25) is 11.8 Å². The van der Waals surface area contributed by atoms with E-state index in [2.05, 4.69) is 5.32 Å².